The van der Waals surface area contributed by atoms with Gasteiger partial charge < -0.3 is 10.1 Å². The van der Waals surface area contributed by atoms with Gasteiger partial charge in [0.2, 0.25) is 5.91 Å². The molecule has 0 aromatic heterocycles. The first-order valence-electron chi connectivity index (χ1n) is 8.30. The van der Waals surface area contributed by atoms with E-state index in [1.54, 1.807) is 0 Å². The predicted molar refractivity (Wildman–Crippen MR) is 97.0 cm³/mol. The van der Waals surface area contributed by atoms with E-state index in [1.165, 1.54) is 5.56 Å². The van der Waals surface area contributed by atoms with Crippen molar-refractivity contribution >= 4 is 5.91 Å². The van der Waals surface area contributed by atoms with Crippen molar-refractivity contribution in [1.82, 2.24) is 10.2 Å². The summed E-state index contributed by atoms with van der Waals surface area (Å²) in [6, 6.07) is 16.1. The van der Waals surface area contributed by atoms with Gasteiger partial charge in [-0.05, 0) is 49.7 Å². The van der Waals surface area contributed by atoms with Crippen molar-refractivity contribution in [1.29, 1.82) is 0 Å². The Morgan fingerprint density at radius 3 is 2.50 bits per heavy atom. The topological polar surface area (TPSA) is 41.6 Å². The molecule has 0 fully saturated rings. The Bertz CT molecular complexity index is 653. The van der Waals surface area contributed by atoms with E-state index in [1.807, 2.05) is 61.3 Å². The molecule has 0 aliphatic heterocycles. The van der Waals surface area contributed by atoms with Gasteiger partial charge in [-0.25, -0.2) is 0 Å². The highest BCUT2D eigenvalue weighted by Crippen LogP contribution is 2.13. The van der Waals surface area contributed by atoms with Gasteiger partial charge in [0.05, 0.1) is 13.2 Å². The Morgan fingerprint density at radius 2 is 1.83 bits per heavy atom. The summed E-state index contributed by atoms with van der Waals surface area (Å²) in [5.74, 6) is 0.909. The summed E-state index contributed by atoms with van der Waals surface area (Å²) in [7, 11) is 1.95. The van der Waals surface area contributed by atoms with E-state index in [-0.39, 0.29) is 5.91 Å². The number of amides is 1. The van der Waals surface area contributed by atoms with E-state index in [0.29, 0.717) is 19.7 Å². The molecule has 1 N–H and O–H groups in total. The van der Waals surface area contributed by atoms with Gasteiger partial charge in [0.1, 0.15) is 5.75 Å². The van der Waals surface area contributed by atoms with Crippen LogP contribution in [0, 0.1) is 6.92 Å². The first kappa shape index (κ1) is 18.0. The van der Waals surface area contributed by atoms with Crippen LogP contribution in [0.2, 0.25) is 0 Å². The molecule has 0 saturated heterocycles. The molecule has 4 nitrogen and oxygen atoms in total. The normalized spacial score (nSPS) is 10.7. The molecule has 4 heteroatoms. The maximum absolute atomic E-state index is 12.1. The molecule has 0 atom stereocenters. The Kier molecular flexibility index (Phi) is 6.82. The van der Waals surface area contributed by atoms with Crippen LogP contribution in [0.1, 0.15) is 23.6 Å². The highest BCUT2D eigenvalue weighted by molar-refractivity contribution is 5.78. The number of rotatable bonds is 8. The summed E-state index contributed by atoms with van der Waals surface area (Å²) in [5, 5.41) is 2.98. The quantitative estimate of drug-likeness (QED) is 0.810. The van der Waals surface area contributed by atoms with Crippen molar-refractivity contribution in [2.75, 3.05) is 20.2 Å². The number of ether oxygens (including phenoxy) is 1. The van der Waals surface area contributed by atoms with Crippen LogP contribution in [0.5, 0.6) is 5.75 Å². The van der Waals surface area contributed by atoms with E-state index in [9.17, 15) is 4.79 Å². The molecule has 0 radical (unpaired) electrons. The largest absolute Gasteiger partial charge is 0.494 e. The smallest absolute Gasteiger partial charge is 0.234 e. The fraction of sp³-hybridized carbons (Fsp3) is 0.350. The van der Waals surface area contributed by atoms with Gasteiger partial charge in [-0.1, -0.05) is 36.4 Å². The average Bonchev–Trinajstić information content (AvgIpc) is 2.56. The third-order valence-corrected chi connectivity index (χ3v) is 3.84. The molecular formula is C20H26N2O2. The van der Waals surface area contributed by atoms with Gasteiger partial charge in [-0.15, -0.1) is 0 Å². The molecule has 0 aliphatic rings. The molecule has 2 rings (SSSR count). The lowest BCUT2D eigenvalue weighted by atomic mass is 10.1. The lowest BCUT2D eigenvalue weighted by molar-refractivity contribution is -0.122. The van der Waals surface area contributed by atoms with Crippen LogP contribution in [0.25, 0.3) is 0 Å². The lowest BCUT2D eigenvalue weighted by Gasteiger charge is -2.17. The summed E-state index contributed by atoms with van der Waals surface area (Å²) in [6.07, 6.45) is 0. The third kappa shape index (κ3) is 5.70. The lowest BCUT2D eigenvalue weighted by Crippen LogP contribution is -2.34. The van der Waals surface area contributed by atoms with Crippen LogP contribution in [0.4, 0.5) is 0 Å². The van der Waals surface area contributed by atoms with E-state index >= 15 is 0 Å². The minimum absolute atomic E-state index is 0.0340. The first-order chi connectivity index (χ1) is 11.6. The zero-order valence-electron chi connectivity index (χ0n) is 14.7. The van der Waals surface area contributed by atoms with Crippen molar-refractivity contribution in [2.24, 2.45) is 0 Å². The number of nitrogens with one attached hydrogen (secondary N) is 1. The zero-order valence-corrected chi connectivity index (χ0v) is 14.7. The number of nitrogens with zero attached hydrogens (tertiary/aromatic N) is 1. The second-order valence-corrected chi connectivity index (χ2v) is 5.95. The van der Waals surface area contributed by atoms with Crippen molar-refractivity contribution in [2.45, 2.75) is 26.9 Å². The molecule has 0 aliphatic carbocycles. The Hall–Kier alpha value is -2.33. The van der Waals surface area contributed by atoms with E-state index in [4.69, 9.17) is 4.74 Å². The minimum atomic E-state index is 0.0340. The number of carbonyl (C=O) groups is 1. The standard InChI is InChI=1S/C20H26N2O2/c1-4-24-19-11-9-17(10-12-19)14-22(3)15-20(23)21-13-18-8-6-5-7-16(18)2/h5-12H,4,13-15H2,1-3H3,(H,21,23). The molecule has 0 unspecified atom stereocenters. The van der Waals surface area contributed by atoms with Gasteiger partial charge >= 0.3 is 0 Å². The van der Waals surface area contributed by atoms with Crippen molar-refractivity contribution < 1.29 is 9.53 Å². The number of hydrogen-bond acceptors (Lipinski definition) is 3. The fourth-order valence-electron chi connectivity index (χ4n) is 2.53. The molecule has 128 valence electrons. The van der Waals surface area contributed by atoms with E-state index in [2.05, 4.69) is 18.3 Å². The minimum Gasteiger partial charge on any atom is -0.494 e. The summed E-state index contributed by atoms with van der Waals surface area (Å²) in [6.45, 7) is 6.36. The molecular weight excluding hydrogens is 300 g/mol. The second kappa shape index (κ2) is 9.08. The van der Waals surface area contributed by atoms with Gasteiger partial charge in [0.25, 0.3) is 0 Å². The summed E-state index contributed by atoms with van der Waals surface area (Å²) < 4.78 is 5.44. The van der Waals surface area contributed by atoms with Crippen molar-refractivity contribution in [3.05, 3.63) is 65.2 Å². The predicted octanol–water partition coefficient (Wildman–Crippen LogP) is 3.14. The third-order valence-electron chi connectivity index (χ3n) is 3.84. The van der Waals surface area contributed by atoms with Gasteiger partial charge in [0.15, 0.2) is 0 Å². The van der Waals surface area contributed by atoms with Gasteiger partial charge in [-0.3, -0.25) is 9.69 Å². The monoisotopic (exact) mass is 326 g/mol. The van der Waals surface area contributed by atoms with Gasteiger partial charge in [0, 0.05) is 13.1 Å². The Morgan fingerprint density at radius 1 is 1.12 bits per heavy atom. The first-order valence-corrected chi connectivity index (χ1v) is 8.30. The second-order valence-electron chi connectivity index (χ2n) is 5.95. The average molecular weight is 326 g/mol. The molecule has 0 saturated carbocycles. The van der Waals surface area contributed by atoms with E-state index < -0.39 is 0 Å². The molecule has 0 spiro atoms. The number of benzene rings is 2. The maximum atomic E-state index is 12.1. The van der Waals surface area contributed by atoms with Crippen LogP contribution in [-0.2, 0) is 17.9 Å². The Balaban J connectivity index is 1.78. The number of likely N-dealkylation sites (N-methyl/N-ethyl adjacent to an activating group) is 1. The van der Waals surface area contributed by atoms with Crippen LogP contribution >= 0.6 is 0 Å². The van der Waals surface area contributed by atoms with Gasteiger partial charge in [-0.2, -0.15) is 0 Å². The van der Waals surface area contributed by atoms with Crippen LogP contribution in [-0.4, -0.2) is 31.0 Å². The van der Waals surface area contributed by atoms with Crippen LogP contribution in [0.3, 0.4) is 0 Å². The maximum Gasteiger partial charge on any atom is 0.234 e. The van der Waals surface area contributed by atoms with Crippen LogP contribution in [0.15, 0.2) is 48.5 Å². The highest BCUT2D eigenvalue weighted by atomic mass is 16.5. The SMILES string of the molecule is CCOc1ccc(CN(C)CC(=O)NCc2ccccc2C)cc1. The van der Waals surface area contributed by atoms with E-state index in [0.717, 1.165) is 23.4 Å². The zero-order chi connectivity index (χ0) is 17.4. The summed E-state index contributed by atoms with van der Waals surface area (Å²) >= 11 is 0. The summed E-state index contributed by atoms with van der Waals surface area (Å²) in [5.41, 5.74) is 3.51. The Labute approximate surface area is 144 Å². The summed E-state index contributed by atoms with van der Waals surface area (Å²) in [4.78, 5) is 14.1. The molecule has 2 aromatic carbocycles. The highest BCUT2D eigenvalue weighted by Gasteiger charge is 2.08. The van der Waals surface area contributed by atoms with Crippen LogP contribution < -0.4 is 10.1 Å². The molecule has 24 heavy (non-hydrogen) atoms. The number of carbonyl (C=O) groups excluding carboxylic acids is 1. The van der Waals surface area contributed by atoms with Crippen molar-refractivity contribution in [3.63, 3.8) is 0 Å². The molecule has 1 amide bonds. The van der Waals surface area contributed by atoms with Crippen molar-refractivity contribution in [3.8, 4) is 5.75 Å². The molecule has 0 bridgehead atoms. The number of hydrogen-bond donors (Lipinski definition) is 1. The molecule has 0 heterocycles. The molecule has 2 aromatic rings. The fourth-order valence-corrected chi connectivity index (χ4v) is 2.53. The number of aryl methyl sites for hydroxylation is 1.